The van der Waals surface area contributed by atoms with Crippen LogP contribution in [0.2, 0.25) is 0 Å². The summed E-state index contributed by atoms with van der Waals surface area (Å²) < 4.78 is 21.0. The fourth-order valence-corrected chi connectivity index (χ4v) is 4.27. The maximum Gasteiger partial charge on any atom is 0.229 e. The SMILES string of the molecule is OC[C@H]1O[C@@H](O[C@@]2(C(O)C(O)[C@H]3OC[C@H](O)[C@@H](O)[C@@H]3O)O[C@H](CO)[C@@H](O)[C@@H]2O)[C@H](O)[C@@H](O)[C@H]1O. The first kappa shape index (κ1) is 27.9. The van der Waals surface area contributed by atoms with Crippen LogP contribution in [-0.4, -0.2) is 173 Å². The summed E-state index contributed by atoms with van der Waals surface area (Å²) in [6.07, 6.45) is -26.7. The van der Waals surface area contributed by atoms with E-state index < -0.39 is 111 Å². The summed E-state index contributed by atoms with van der Waals surface area (Å²) >= 11 is 0. The van der Waals surface area contributed by atoms with Crippen molar-refractivity contribution in [3.63, 3.8) is 0 Å². The molecule has 0 amide bonds. The Morgan fingerprint density at radius 1 is 0.765 bits per heavy atom. The van der Waals surface area contributed by atoms with Gasteiger partial charge in [-0.3, -0.25) is 0 Å². The zero-order chi connectivity index (χ0) is 25.5. The molecule has 12 N–H and O–H groups in total. The van der Waals surface area contributed by atoms with Gasteiger partial charge in [0.25, 0.3) is 0 Å². The van der Waals surface area contributed by atoms with E-state index in [1.807, 2.05) is 0 Å². The van der Waals surface area contributed by atoms with Crippen LogP contribution in [0.15, 0.2) is 0 Å². The normalized spacial score (nSPS) is 51.9. The van der Waals surface area contributed by atoms with Crippen molar-refractivity contribution in [3.8, 4) is 0 Å². The molecule has 3 rings (SSSR count). The van der Waals surface area contributed by atoms with Gasteiger partial charge < -0.3 is 80.2 Å². The maximum atomic E-state index is 11.0. The number of hydrogen-bond acceptors (Lipinski definition) is 16. The molecule has 2 unspecified atom stereocenters. The van der Waals surface area contributed by atoms with Crippen molar-refractivity contribution in [2.45, 2.75) is 91.4 Å². The van der Waals surface area contributed by atoms with Crippen molar-refractivity contribution in [1.82, 2.24) is 0 Å². The van der Waals surface area contributed by atoms with Gasteiger partial charge in [-0.15, -0.1) is 0 Å². The molecule has 3 aliphatic rings. The quantitative estimate of drug-likeness (QED) is 0.153. The molecule has 0 spiro atoms. The third-order valence-corrected chi connectivity index (χ3v) is 6.39. The molecule has 3 saturated heterocycles. The summed E-state index contributed by atoms with van der Waals surface area (Å²) in [5.74, 6) is -2.90. The van der Waals surface area contributed by atoms with Crippen LogP contribution in [0.5, 0.6) is 0 Å². The fraction of sp³-hybridized carbons (Fsp3) is 1.00. The van der Waals surface area contributed by atoms with Crippen LogP contribution < -0.4 is 0 Å². The Kier molecular flexibility index (Phi) is 8.85. The Morgan fingerprint density at radius 3 is 1.94 bits per heavy atom. The van der Waals surface area contributed by atoms with E-state index in [0.29, 0.717) is 0 Å². The molecule has 0 aromatic carbocycles. The van der Waals surface area contributed by atoms with Gasteiger partial charge in [-0.05, 0) is 0 Å². The Balaban J connectivity index is 1.92. The average molecular weight is 504 g/mol. The van der Waals surface area contributed by atoms with Crippen molar-refractivity contribution in [3.05, 3.63) is 0 Å². The highest BCUT2D eigenvalue weighted by atomic mass is 16.8. The van der Waals surface area contributed by atoms with Crippen molar-refractivity contribution >= 4 is 0 Å². The lowest BCUT2D eigenvalue weighted by Gasteiger charge is -2.47. The first-order valence-electron chi connectivity index (χ1n) is 10.6. The highest BCUT2D eigenvalue weighted by Crippen LogP contribution is 2.40. The summed E-state index contributed by atoms with van der Waals surface area (Å²) in [7, 11) is 0. The van der Waals surface area contributed by atoms with Gasteiger partial charge in [0.05, 0.1) is 19.8 Å². The van der Waals surface area contributed by atoms with E-state index in [1.165, 1.54) is 0 Å². The molecular formula is C18H32O16. The van der Waals surface area contributed by atoms with E-state index in [4.69, 9.17) is 18.9 Å². The number of hydrogen-bond donors (Lipinski definition) is 12. The third kappa shape index (κ3) is 4.71. The summed E-state index contributed by atoms with van der Waals surface area (Å²) in [6.45, 7) is -2.32. The van der Waals surface area contributed by atoms with Crippen LogP contribution in [0, 0.1) is 0 Å². The average Bonchev–Trinajstić information content (AvgIpc) is 3.07. The van der Waals surface area contributed by atoms with E-state index in [0.717, 1.165) is 0 Å². The second-order valence-electron chi connectivity index (χ2n) is 8.59. The van der Waals surface area contributed by atoms with E-state index in [9.17, 15) is 61.3 Å². The highest BCUT2D eigenvalue weighted by molar-refractivity contribution is 5.06. The van der Waals surface area contributed by atoms with E-state index in [2.05, 4.69) is 0 Å². The van der Waals surface area contributed by atoms with Gasteiger partial charge in [-0.1, -0.05) is 0 Å². The molecule has 0 aliphatic carbocycles. The minimum atomic E-state index is -2.90. The lowest BCUT2D eigenvalue weighted by Crippen LogP contribution is -2.68. The van der Waals surface area contributed by atoms with Gasteiger partial charge in [-0.25, -0.2) is 0 Å². The van der Waals surface area contributed by atoms with E-state index >= 15 is 0 Å². The van der Waals surface area contributed by atoms with Crippen molar-refractivity contribution in [1.29, 1.82) is 0 Å². The monoisotopic (exact) mass is 504 g/mol. The van der Waals surface area contributed by atoms with Crippen LogP contribution in [0.3, 0.4) is 0 Å². The minimum Gasteiger partial charge on any atom is -0.394 e. The molecule has 15 atom stereocenters. The molecule has 0 bridgehead atoms. The summed E-state index contributed by atoms with van der Waals surface area (Å²) in [5.41, 5.74) is 0. The van der Waals surface area contributed by atoms with Gasteiger partial charge in [0, 0.05) is 0 Å². The maximum absolute atomic E-state index is 11.0. The van der Waals surface area contributed by atoms with Crippen LogP contribution in [0.25, 0.3) is 0 Å². The molecule has 3 aliphatic heterocycles. The molecular weight excluding hydrogens is 472 g/mol. The Bertz CT molecular complexity index is 668. The molecule has 0 aromatic heterocycles. The van der Waals surface area contributed by atoms with Crippen LogP contribution in [0.1, 0.15) is 0 Å². The predicted octanol–water partition coefficient (Wildman–Crippen LogP) is -8.18. The molecule has 200 valence electrons. The lowest BCUT2D eigenvalue weighted by molar-refractivity contribution is -0.404. The molecule has 0 aromatic rings. The number of ether oxygens (including phenoxy) is 4. The fourth-order valence-electron chi connectivity index (χ4n) is 4.27. The van der Waals surface area contributed by atoms with Gasteiger partial charge in [0.15, 0.2) is 6.29 Å². The van der Waals surface area contributed by atoms with Gasteiger partial charge in [0.2, 0.25) is 5.79 Å². The number of aliphatic hydroxyl groups is 12. The largest absolute Gasteiger partial charge is 0.394 e. The number of aliphatic hydroxyl groups excluding tert-OH is 12. The second-order valence-corrected chi connectivity index (χ2v) is 8.59. The van der Waals surface area contributed by atoms with Crippen LogP contribution >= 0.6 is 0 Å². The minimum absolute atomic E-state index is 0.557. The smallest absolute Gasteiger partial charge is 0.229 e. The topological polar surface area (TPSA) is 280 Å². The summed E-state index contributed by atoms with van der Waals surface area (Å²) in [6, 6.07) is 0. The molecule has 16 nitrogen and oxygen atoms in total. The first-order valence-corrected chi connectivity index (χ1v) is 10.6. The molecule has 3 heterocycles. The van der Waals surface area contributed by atoms with Gasteiger partial charge >= 0.3 is 0 Å². The van der Waals surface area contributed by atoms with Crippen LogP contribution in [0.4, 0.5) is 0 Å². The standard InChI is InChI=1S/C18H32O16/c19-1-5-8(23)10(25)12(27)17(32-5)34-18(15(29)9(24)6(2-20)33-18)16(30)13(28)14-11(26)7(22)4(21)3-31-14/h4-17,19-30H,1-3H2/t4-,5+,6+,7+,8-,9+,10-,11-,12+,13?,14-,15-,16?,17-,18-/m0/s1. The first-order chi connectivity index (χ1) is 15.9. The zero-order valence-corrected chi connectivity index (χ0v) is 17.7. The Morgan fingerprint density at radius 2 is 1.38 bits per heavy atom. The van der Waals surface area contributed by atoms with Crippen molar-refractivity contribution in [2.24, 2.45) is 0 Å². The molecule has 34 heavy (non-hydrogen) atoms. The van der Waals surface area contributed by atoms with Crippen LogP contribution in [-0.2, 0) is 18.9 Å². The molecule has 0 saturated carbocycles. The third-order valence-electron chi connectivity index (χ3n) is 6.39. The summed E-state index contributed by atoms with van der Waals surface area (Å²) in [4.78, 5) is 0. The van der Waals surface area contributed by atoms with Crippen molar-refractivity contribution < 1.29 is 80.2 Å². The Labute approximate surface area is 192 Å². The molecule has 3 fully saturated rings. The van der Waals surface area contributed by atoms with E-state index in [-0.39, 0.29) is 0 Å². The van der Waals surface area contributed by atoms with E-state index in [1.54, 1.807) is 0 Å². The highest BCUT2D eigenvalue weighted by Gasteiger charge is 2.64. The Hall–Kier alpha value is -0.640. The molecule has 16 heteroatoms. The van der Waals surface area contributed by atoms with Gasteiger partial charge in [-0.2, -0.15) is 0 Å². The van der Waals surface area contributed by atoms with Gasteiger partial charge in [0.1, 0.15) is 79.4 Å². The lowest BCUT2D eigenvalue weighted by atomic mass is 9.88. The predicted molar refractivity (Wildman–Crippen MR) is 101 cm³/mol. The summed E-state index contributed by atoms with van der Waals surface area (Å²) in [5, 5.41) is 121. The number of rotatable bonds is 7. The molecule has 0 radical (unpaired) electrons. The zero-order valence-electron chi connectivity index (χ0n) is 17.7. The second kappa shape index (κ2) is 10.8. The van der Waals surface area contributed by atoms with Crippen molar-refractivity contribution in [2.75, 3.05) is 19.8 Å².